The standard InChI is InChI=1S/C11H17NOS/c1-10-5-7-11(8-6-10)9-12(2)14(3,4)13/h5-8H,3,9H2,1-2,4H3. The van der Waals surface area contributed by atoms with Crippen LogP contribution in [0.15, 0.2) is 24.3 Å². The molecule has 0 aliphatic carbocycles. The van der Waals surface area contributed by atoms with Crippen LogP contribution in [0, 0.1) is 6.92 Å². The molecular formula is C11H17NOS. The van der Waals surface area contributed by atoms with Crippen molar-refractivity contribution >= 4 is 15.6 Å². The minimum atomic E-state index is -2.08. The molecule has 1 aromatic carbocycles. The normalized spacial score (nSPS) is 15.4. The van der Waals surface area contributed by atoms with E-state index in [1.807, 2.05) is 7.05 Å². The van der Waals surface area contributed by atoms with Crippen LogP contribution in [0.5, 0.6) is 0 Å². The molecule has 0 saturated heterocycles. The van der Waals surface area contributed by atoms with Crippen LogP contribution in [-0.2, 0) is 16.3 Å². The number of rotatable bonds is 3. The first-order valence-corrected chi connectivity index (χ1v) is 6.58. The molecule has 0 N–H and O–H groups in total. The predicted molar refractivity (Wildman–Crippen MR) is 63.8 cm³/mol. The fourth-order valence-corrected chi connectivity index (χ4v) is 1.51. The molecule has 0 radical (unpaired) electrons. The van der Waals surface area contributed by atoms with Crippen molar-refractivity contribution in [2.24, 2.45) is 0 Å². The van der Waals surface area contributed by atoms with Gasteiger partial charge in [0.15, 0.2) is 0 Å². The Hall–Kier alpha value is -0.800. The zero-order valence-corrected chi connectivity index (χ0v) is 9.80. The summed E-state index contributed by atoms with van der Waals surface area (Å²) in [5.41, 5.74) is 2.40. The predicted octanol–water partition coefficient (Wildman–Crippen LogP) is 1.69. The quantitative estimate of drug-likeness (QED) is 0.697. The van der Waals surface area contributed by atoms with Gasteiger partial charge in [-0.3, -0.25) is 4.21 Å². The third-order valence-corrected chi connectivity index (χ3v) is 3.63. The molecule has 0 amide bonds. The van der Waals surface area contributed by atoms with E-state index in [-0.39, 0.29) is 0 Å². The Kier molecular flexibility index (Phi) is 3.34. The van der Waals surface area contributed by atoms with Gasteiger partial charge in [-0.05, 0) is 25.4 Å². The Morgan fingerprint density at radius 3 is 2.29 bits per heavy atom. The van der Waals surface area contributed by atoms with E-state index in [2.05, 4.69) is 37.1 Å². The highest BCUT2D eigenvalue weighted by Crippen LogP contribution is 2.07. The van der Waals surface area contributed by atoms with Gasteiger partial charge in [-0.25, -0.2) is 4.31 Å². The molecule has 0 heterocycles. The molecular weight excluding hydrogens is 194 g/mol. The Balaban J connectivity index is 2.75. The van der Waals surface area contributed by atoms with Crippen molar-refractivity contribution in [2.45, 2.75) is 13.5 Å². The third kappa shape index (κ3) is 3.16. The van der Waals surface area contributed by atoms with E-state index in [0.29, 0.717) is 6.54 Å². The lowest BCUT2D eigenvalue weighted by Gasteiger charge is -2.18. The van der Waals surface area contributed by atoms with Crippen molar-refractivity contribution in [3.05, 3.63) is 35.4 Å². The highest BCUT2D eigenvalue weighted by molar-refractivity contribution is 7.97. The van der Waals surface area contributed by atoms with E-state index < -0.39 is 9.71 Å². The summed E-state index contributed by atoms with van der Waals surface area (Å²) in [6, 6.07) is 8.22. The molecule has 0 spiro atoms. The van der Waals surface area contributed by atoms with Gasteiger partial charge >= 0.3 is 0 Å². The Bertz CT molecular complexity index is 392. The van der Waals surface area contributed by atoms with Crippen LogP contribution < -0.4 is 0 Å². The second-order valence-corrected chi connectivity index (χ2v) is 6.27. The highest BCUT2D eigenvalue weighted by atomic mass is 32.2. The lowest BCUT2D eigenvalue weighted by atomic mass is 10.1. The van der Waals surface area contributed by atoms with E-state index in [0.717, 1.165) is 5.56 Å². The van der Waals surface area contributed by atoms with Crippen molar-refractivity contribution in [1.29, 1.82) is 0 Å². The molecule has 1 unspecified atom stereocenters. The lowest BCUT2D eigenvalue weighted by Crippen LogP contribution is -2.24. The fourth-order valence-electron chi connectivity index (χ4n) is 1.09. The van der Waals surface area contributed by atoms with E-state index in [9.17, 15) is 4.21 Å². The summed E-state index contributed by atoms with van der Waals surface area (Å²) in [6.45, 7) is 2.73. The SMILES string of the molecule is C=S(C)(=O)N(C)Cc1ccc(C)cc1. The number of hydrogen-bond acceptors (Lipinski definition) is 1. The second kappa shape index (κ2) is 4.15. The zero-order chi connectivity index (χ0) is 10.8. The van der Waals surface area contributed by atoms with Crippen LogP contribution in [0.3, 0.4) is 0 Å². The van der Waals surface area contributed by atoms with Crippen LogP contribution >= 0.6 is 0 Å². The molecule has 78 valence electrons. The van der Waals surface area contributed by atoms with Gasteiger partial charge in [0.1, 0.15) is 0 Å². The van der Waals surface area contributed by atoms with E-state index in [4.69, 9.17) is 0 Å². The molecule has 0 aliphatic heterocycles. The number of hydrogen-bond donors (Lipinski definition) is 0. The average molecular weight is 211 g/mol. The van der Waals surface area contributed by atoms with Gasteiger partial charge in [-0.1, -0.05) is 29.8 Å². The minimum Gasteiger partial charge on any atom is -0.253 e. The summed E-state index contributed by atoms with van der Waals surface area (Å²) in [6.07, 6.45) is 1.65. The number of benzene rings is 1. The van der Waals surface area contributed by atoms with E-state index >= 15 is 0 Å². The summed E-state index contributed by atoms with van der Waals surface area (Å²) < 4.78 is 13.3. The van der Waals surface area contributed by atoms with Crippen LogP contribution in [0.4, 0.5) is 0 Å². The van der Waals surface area contributed by atoms with Gasteiger partial charge in [-0.2, -0.15) is 0 Å². The van der Waals surface area contributed by atoms with E-state index in [1.54, 1.807) is 10.6 Å². The van der Waals surface area contributed by atoms with E-state index in [1.165, 1.54) is 5.56 Å². The van der Waals surface area contributed by atoms with Crippen LogP contribution in [-0.4, -0.2) is 27.7 Å². The molecule has 0 aromatic heterocycles. The monoisotopic (exact) mass is 211 g/mol. The van der Waals surface area contributed by atoms with Crippen molar-refractivity contribution in [3.8, 4) is 0 Å². The summed E-state index contributed by atoms with van der Waals surface area (Å²) in [7, 11) is -0.249. The largest absolute Gasteiger partial charge is 0.253 e. The zero-order valence-electron chi connectivity index (χ0n) is 8.99. The summed E-state index contributed by atoms with van der Waals surface area (Å²) in [5, 5.41) is 0. The van der Waals surface area contributed by atoms with Crippen LogP contribution in [0.25, 0.3) is 0 Å². The number of aryl methyl sites for hydroxylation is 1. The molecule has 0 saturated carbocycles. The van der Waals surface area contributed by atoms with Gasteiger partial charge in [0.05, 0.1) is 0 Å². The summed E-state index contributed by atoms with van der Waals surface area (Å²) in [5.74, 6) is 3.64. The highest BCUT2D eigenvalue weighted by Gasteiger charge is 2.05. The first-order valence-electron chi connectivity index (χ1n) is 4.48. The fraction of sp³-hybridized carbons (Fsp3) is 0.364. The molecule has 0 fully saturated rings. The molecule has 0 aliphatic rings. The maximum Gasteiger partial charge on any atom is 0.0354 e. The molecule has 2 nitrogen and oxygen atoms in total. The van der Waals surface area contributed by atoms with Crippen molar-refractivity contribution in [2.75, 3.05) is 13.3 Å². The summed E-state index contributed by atoms with van der Waals surface area (Å²) in [4.78, 5) is 0. The lowest BCUT2D eigenvalue weighted by molar-refractivity contribution is 0.521. The van der Waals surface area contributed by atoms with Gasteiger partial charge in [-0.15, -0.1) is 0 Å². The molecule has 1 aromatic rings. The van der Waals surface area contributed by atoms with Crippen molar-refractivity contribution < 1.29 is 4.21 Å². The Labute approximate surface area is 86.7 Å². The van der Waals surface area contributed by atoms with Gasteiger partial charge in [0.25, 0.3) is 0 Å². The summed E-state index contributed by atoms with van der Waals surface area (Å²) >= 11 is 0. The second-order valence-electron chi connectivity index (χ2n) is 3.73. The first-order chi connectivity index (χ1) is 6.39. The van der Waals surface area contributed by atoms with Crippen LogP contribution in [0.1, 0.15) is 11.1 Å². The molecule has 0 bridgehead atoms. The topological polar surface area (TPSA) is 20.3 Å². The maximum absolute atomic E-state index is 11.6. The van der Waals surface area contributed by atoms with Gasteiger partial charge in [0, 0.05) is 22.5 Å². The van der Waals surface area contributed by atoms with Crippen molar-refractivity contribution in [1.82, 2.24) is 4.31 Å². The maximum atomic E-state index is 11.6. The van der Waals surface area contributed by atoms with Crippen LogP contribution in [0.2, 0.25) is 0 Å². The average Bonchev–Trinajstić information content (AvgIpc) is 2.07. The molecule has 1 rings (SSSR count). The number of nitrogens with zero attached hydrogens (tertiary/aromatic N) is 1. The Morgan fingerprint density at radius 2 is 1.86 bits per heavy atom. The molecule has 3 heteroatoms. The van der Waals surface area contributed by atoms with Gasteiger partial charge in [0.2, 0.25) is 0 Å². The Morgan fingerprint density at radius 1 is 1.36 bits per heavy atom. The smallest absolute Gasteiger partial charge is 0.0354 e. The first kappa shape index (κ1) is 11.3. The molecule has 1 atom stereocenters. The van der Waals surface area contributed by atoms with Crippen molar-refractivity contribution in [3.63, 3.8) is 0 Å². The van der Waals surface area contributed by atoms with Gasteiger partial charge < -0.3 is 0 Å². The minimum absolute atomic E-state index is 0.680. The molecule has 14 heavy (non-hydrogen) atoms. The third-order valence-electron chi connectivity index (χ3n) is 2.19.